The number of halogens is 2. The number of rotatable bonds is 8. The van der Waals surface area contributed by atoms with Crippen LogP contribution in [0.2, 0.25) is 0 Å². The molecule has 0 radical (unpaired) electrons. The third kappa shape index (κ3) is 6.31. The zero-order valence-electron chi connectivity index (χ0n) is 14.5. The highest BCUT2D eigenvalue weighted by molar-refractivity contribution is 6.29. The maximum Gasteiger partial charge on any atom is 0.338 e. The van der Waals surface area contributed by atoms with Gasteiger partial charge >= 0.3 is 5.97 Å². The molecule has 0 heterocycles. The van der Waals surface area contributed by atoms with Crippen LogP contribution >= 0.6 is 11.6 Å². The van der Waals surface area contributed by atoms with Crippen molar-refractivity contribution in [2.75, 3.05) is 25.6 Å². The number of esters is 1. The van der Waals surface area contributed by atoms with E-state index in [2.05, 4.69) is 11.9 Å². The van der Waals surface area contributed by atoms with Gasteiger partial charge in [0.1, 0.15) is 12.4 Å². The fourth-order valence-corrected chi connectivity index (χ4v) is 2.07. The number of carbonyl (C=O) groups excluding carboxylic acids is 2. The lowest BCUT2D eigenvalue weighted by Crippen LogP contribution is -2.20. The Balaban J connectivity index is 1.97. The molecule has 0 aromatic heterocycles. The summed E-state index contributed by atoms with van der Waals surface area (Å²) >= 11 is 5.56. The molecule has 1 N–H and O–H groups in total. The number of anilines is 1. The predicted molar refractivity (Wildman–Crippen MR) is 98.8 cm³/mol. The largest absolute Gasteiger partial charge is 0.493 e. The molecular formula is C19H17ClFNO5. The monoisotopic (exact) mass is 393 g/mol. The fourth-order valence-electron chi connectivity index (χ4n) is 2.01. The number of hydrogen-bond acceptors (Lipinski definition) is 5. The van der Waals surface area contributed by atoms with Crippen molar-refractivity contribution in [2.45, 2.75) is 0 Å². The van der Waals surface area contributed by atoms with Gasteiger partial charge in [-0.05, 0) is 42.5 Å². The molecule has 0 saturated carbocycles. The molecular weight excluding hydrogens is 377 g/mol. The van der Waals surface area contributed by atoms with Crippen molar-refractivity contribution in [3.05, 3.63) is 65.5 Å². The van der Waals surface area contributed by atoms with Crippen LogP contribution in [-0.4, -0.2) is 32.2 Å². The van der Waals surface area contributed by atoms with E-state index in [0.717, 1.165) is 0 Å². The van der Waals surface area contributed by atoms with Crippen molar-refractivity contribution in [1.29, 1.82) is 0 Å². The van der Waals surface area contributed by atoms with Gasteiger partial charge in [-0.25, -0.2) is 9.18 Å². The second-order valence-corrected chi connectivity index (χ2v) is 5.84. The van der Waals surface area contributed by atoms with Crippen molar-refractivity contribution in [1.82, 2.24) is 0 Å². The van der Waals surface area contributed by atoms with Crippen molar-refractivity contribution in [3.63, 3.8) is 0 Å². The van der Waals surface area contributed by atoms with Crippen LogP contribution < -0.4 is 14.8 Å². The Morgan fingerprint density at radius 1 is 1.11 bits per heavy atom. The highest BCUT2D eigenvalue weighted by Crippen LogP contribution is 2.28. The molecule has 1 amide bonds. The lowest BCUT2D eigenvalue weighted by molar-refractivity contribution is -0.118. The van der Waals surface area contributed by atoms with Crippen LogP contribution in [0.5, 0.6) is 11.5 Å². The Labute approximate surface area is 160 Å². The molecule has 0 saturated heterocycles. The maximum absolute atomic E-state index is 12.9. The van der Waals surface area contributed by atoms with Crippen LogP contribution in [0.25, 0.3) is 0 Å². The van der Waals surface area contributed by atoms with E-state index in [1.807, 2.05) is 0 Å². The Morgan fingerprint density at radius 3 is 2.44 bits per heavy atom. The van der Waals surface area contributed by atoms with Crippen molar-refractivity contribution < 1.29 is 28.2 Å². The molecule has 0 aliphatic rings. The number of ether oxygens (including phenoxy) is 3. The maximum atomic E-state index is 12.9. The Bertz CT molecular complexity index is 838. The summed E-state index contributed by atoms with van der Waals surface area (Å²) in [4.78, 5) is 23.8. The summed E-state index contributed by atoms with van der Waals surface area (Å²) in [6.07, 6.45) is 0. The molecule has 2 rings (SSSR count). The Morgan fingerprint density at radius 2 is 1.81 bits per heavy atom. The van der Waals surface area contributed by atoms with Gasteiger partial charge in [-0.3, -0.25) is 4.79 Å². The summed E-state index contributed by atoms with van der Waals surface area (Å²) < 4.78 is 28.4. The summed E-state index contributed by atoms with van der Waals surface area (Å²) in [6.45, 7) is 3.02. The lowest BCUT2D eigenvalue weighted by Gasteiger charge is -2.12. The molecule has 0 aliphatic heterocycles. The molecule has 8 heteroatoms. The molecule has 27 heavy (non-hydrogen) atoms. The number of benzene rings is 2. The van der Waals surface area contributed by atoms with Gasteiger partial charge in [-0.15, -0.1) is 0 Å². The second kappa shape index (κ2) is 9.59. The molecule has 0 atom stereocenters. The zero-order valence-corrected chi connectivity index (χ0v) is 15.2. The molecule has 2 aromatic carbocycles. The number of methoxy groups -OCH3 is 1. The van der Waals surface area contributed by atoms with Crippen LogP contribution in [-0.2, 0) is 9.53 Å². The molecule has 0 bridgehead atoms. The highest BCUT2D eigenvalue weighted by atomic mass is 35.5. The number of nitrogens with one attached hydrogen (secondary N) is 1. The quantitative estimate of drug-likeness (QED) is 0.691. The first-order chi connectivity index (χ1) is 12.9. The highest BCUT2D eigenvalue weighted by Gasteiger charge is 2.14. The number of amides is 1. The topological polar surface area (TPSA) is 73.9 Å². The van der Waals surface area contributed by atoms with Crippen LogP contribution in [0.15, 0.2) is 54.1 Å². The molecule has 0 fully saturated rings. The van der Waals surface area contributed by atoms with E-state index in [0.29, 0.717) is 5.69 Å². The first-order valence-corrected chi connectivity index (χ1v) is 8.13. The summed E-state index contributed by atoms with van der Waals surface area (Å²) in [5, 5.41) is 2.76. The smallest absolute Gasteiger partial charge is 0.338 e. The summed E-state index contributed by atoms with van der Waals surface area (Å²) in [5.74, 6) is -0.916. The lowest BCUT2D eigenvalue weighted by atomic mass is 10.2. The van der Waals surface area contributed by atoms with E-state index in [4.69, 9.17) is 25.8 Å². The van der Waals surface area contributed by atoms with Crippen LogP contribution in [0.3, 0.4) is 0 Å². The molecule has 0 aliphatic carbocycles. The average Bonchev–Trinajstić information content (AvgIpc) is 2.66. The van der Waals surface area contributed by atoms with Crippen molar-refractivity contribution in [3.8, 4) is 11.5 Å². The summed E-state index contributed by atoms with van der Waals surface area (Å²) in [6, 6.07) is 9.71. The third-order valence-corrected chi connectivity index (χ3v) is 3.36. The zero-order chi connectivity index (χ0) is 19.8. The third-order valence-electron chi connectivity index (χ3n) is 3.25. The molecule has 6 nitrogen and oxygen atoms in total. The minimum absolute atomic E-state index is 0.107. The first kappa shape index (κ1) is 20.3. The van der Waals surface area contributed by atoms with E-state index in [1.54, 1.807) is 0 Å². The standard InChI is InChI=1S/C19H17ClFNO5/c1-12(20)10-27-19(24)13-3-8-16(17(9-13)25-2)26-11-18(23)22-15-6-4-14(21)5-7-15/h3-9H,1,10-11H2,2H3,(H,22,23). The van der Waals surface area contributed by atoms with Crippen LogP contribution in [0, 0.1) is 5.82 Å². The van der Waals surface area contributed by atoms with E-state index in [1.165, 1.54) is 49.6 Å². The van der Waals surface area contributed by atoms with Crippen molar-refractivity contribution >= 4 is 29.2 Å². The van der Waals surface area contributed by atoms with E-state index >= 15 is 0 Å². The van der Waals surface area contributed by atoms with Gasteiger partial charge in [-0.2, -0.15) is 0 Å². The number of carbonyl (C=O) groups is 2. The SMILES string of the molecule is C=C(Cl)COC(=O)c1ccc(OCC(=O)Nc2ccc(F)cc2)c(OC)c1. The normalized spacial score (nSPS) is 10.0. The van der Waals surface area contributed by atoms with Gasteiger partial charge < -0.3 is 19.5 Å². The molecule has 0 unspecified atom stereocenters. The minimum Gasteiger partial charge on any atom is -0.493 e. The van der Waals surface area contributed by atoms with E-state index in [9.17, 15) is 14.0 Å². The number of hydrogen-bond donors (Lipinski definition) is 1. The molecule has 2 aromatic rings. The Hall–Kier alpha value is -3.06. The predicted octanol–water partition coefficient (Wildman–Crippen LogP) is 3.76. The second-order valence-electron chi connectivity index (χ2n) is 5.30. The van der Waals surface area contributed by atoms with E-state index in [-0.39, 0.29) is 35.3 Å². The Kier molecular flexibility index (Phi) is 7.19. The summed E-state index contributed by atoms with van der Waals surface area (Å²) in [5.41, 5.74) is 0.670. The minimum atomic E-state index is -0.601. The van der Waals surface area contributed by atoms with Crippen LogP contribution in [0.4, 0.5) is 10.1 Å². The van der Waals surface area contributed by atoms with Gasteiger partial charge in [-0.1, -0.05) is 18.2 Å². The molecule has 142 valence electrons. The van der Waals surface area contributed by atoms with Gasteiger partial charge in [0.05, 0.1) is 12.7 Å². The van der Waals surface area contributed by atoms with Gasteiger partial charge in [0.25, 0.3) is 5.91 Å². The summed E-state index contributed by atoms with van der Waals surface area (Å²) in [7, 11) is 1.40. The van der Waals surface area contributed by atoms with Crippen LogP contribution in [0.1, 0.15) is 10.4 Å². The first-order valence-electron chi connectivity index (χ1n) is 7.75. The average molecular weight is 394 g/mol. The fraction of sp³-hybridized carbons (Fsp3) is 0.158. The van der Waals surface area contributed by atoms with E-state index < -0.39 is 17.7 Å². The van der Waals surface area contributed by atoms with Gasteiger partial charge in [0, 0.05) is 10.7 Å². The van der Waals surface area contributed by atoms with Crippen molar-refractivity contribution in [2.24, 2.45) is 0 Å². The van der Waals surface area contributed by atoms with Gasteiger partial charge in [0.2, 0.25) is 0 Å². The molecule has 0 spiro atoms. The van der Waals surface area contributed by atoms with Gasteiger partial charge in [0.15, 0.2) is 18.1 Å².